The standard InChI is InChI=1S/C18H19Cl2NO/c1-11(2)17(13-5-7-14(19)8-6-13)18(22)21-15-9-4-12(3)16(20)10-15/h4-11,17H,1-3H3,(H,21,22)/t17-/m0/s1. The minimum Gasteiger partial charge on any atom is -0.326 e. The van der Waals surface area contributed by atoms with Gasteiger partial charge in [-0.2, -0.15) is 0 Å². The van der Waals surface area contributed by atoms with Crippen LogP contribution in [0.4, 0.5) is 5.69 Å². The van der Waals surface area contributed by atoms with E-state index in [1.54, 1.807) is 6.07 Å². The molecule has 0 saturated carbocycles. The number of amides is 1. The first-order chi connectivity index (χ1) is 10.4. The van der Waals surface area contributed by atoms with Gasteiger partial charge >= 0.3 is 0 Å². The van der Waals surface area contributed by atoms with Crippen molar-refractivity contribution in [3.63, 3.8) is 0 Å². The molecule has 0 spiro atoms. The molecule has 0 heterocycles. The smallest absolute Gasteiger partial charge is 0.232 e. The summed E-state index contributed by atoms with van der Waals surface area (Å²) in [4.78, 5) is 12.6. The fourth-order valence-corrected chi connectivity index (χ4v) is 2.71. The zero-order valence-electron chi connectivity index (χ0n) is 12.9. The number of rotatable bonds is 4. The highest BCUT2D eigenvalue weighted by Crippen LogP contribution is 2.28. The van der Waals surface area contributed by atoms with E-state index in [1.165, 1.54) is 0 Å². The lowest BCUT2D eigenvalue weighted by atomic mass is 9.87. The molecule has 116 valence electrons. The van der Waals surface area contributed by atoms with Crippen molar-refractivity contribution < 1.29 is 4.79 Å². The number of nitrogens with one attached hydrogen (secondary N) is 1. The van der Waals surface area contributed by atoms with Gasteiger partial charge in [0, 0.05) is 15.7 Å². The molecule has 1 amide bonds. The van der Waals surface area contributed by atoms with Crippen LogP contribution in [0.3, 0.4) is 0 Å². The molecule has 2 aromatic carbocycles. The Morgan fingerprint density at radius 2 is 1.68 bits per heavy atom. The van der Waals surface area contributed by atoms with E-state index in [4.69, 9.17) is 23.2 Å². The normalized spacial score (nSPS) is 12.3. The third-order valence-electron chi connectivity index (χ3n) is 3.62. The van der Waals surface area contributed by atoms with Crippen molar-refractivity contribution >= 4 is 34.8 Å². The van der Waals surface area contributed by atoms with Crippen molar-refractivity contribution in [3.05, 3.63) is 63.6 Å². The van der Waals surface area contributed by atoms with Gasteiger partial charge in [0.05, 0.1) is 5.92 Å². The molecule has 2 nitrogen and oxygen atoms in total. The zero-order valence-corrected chi connectivity index (χ0v) is 14.4. The van der Waals surface area contributed by atoms with Gasteiger partial charge < -0.3 is 5.32 Å². The Balaban J connectivity index is 2.23. The van der Waals surface area contributed by atoms with E-state index in [2.05, 4.69) is 5.32 Å². The Labute approximate surface area is 141 Å². The summed E-state index contributed by atoms with van der Waals surface area (Å²) < 4.78 is 0. The summed E-state index contributed by atoms with van der Waals surface area (Å²) in [7, 11) is 0. The van der Waals surface area contributed by atoms with Crippen LogP contribution in [0.2, 0.25) is 10.0 Å². The van der Waals surface area contributed by atoms with Crippen LogP contribution < -0.4 is 5.32 Å². The van der Waals surface area contributed by atoms with Crippen LogP contribution in [0.25, 0.3) is 0 Å². The Bertz CT molecular complexity index is 665. The molecule has 2 rings (SSSR count). The molecule has 0 aliphatic heterocycles. The van der Waals surface area contributed by atoms with E-state index in [9.17, 15) is 4.79 Å². The Kier molecular flexibility index (Phi) is 5.49. The predicted molar refractivity (Wildman–Crippen MR) is 93.8 cm³/mol. The van der Waals surface area contributed by atoms with Gasteiger partial charge in [0.15, 0.2) is 0 Å². The summed E-state index contributed by atoms with van der Waals surface area (Å²) in [5.41, 5.74) is 2.65. The summed E-state index contributed by atoms with van der Waals surface area (Å²) >= 11 is 12.0. The lowest BCUT2D eigenvalue weighted by Gasteiger charge is -2.21. The Morgan fingerprint density at radius 3 is 2.23 bits per heavy atom. The van der Waals surface area contributed by atoms with Gasteiger partial charge in [-0.25, -0.2) is 0 Å². The average molecular weight is 336 g/mol. The molecule has 0 bridgehead atoms. The van der Waals surface area contributed by atoms with Crippen molar-refractivity contribution in [2.75, 3.05) is 5.32 Å². The molecule has 0 aliphatic rings. The molecule has 0 aliphatic carbocycles. The molecule has 0 radical (unpaired) electrons. The SMILES string of the molecule is Cc1ccc(NC(=O)[C@H](c2ccc(Cl)cc2)C(C)C)cc1Cl. The lowest BCUT2D eigenvalue weighted by molar-refractivity contribution is -0.118. The number of halogens is 2. The largest absolute Gasteiger partial charge is 0.326 e. The second-order valence-electron chi connectivity index (χ2n) is 5.73. The summed E-state index contributed by atoms with van der Waals surface area (Å²) in [6.07, 6.45) is 0. The van der Waals surface area contributed by atoms with Gasteiger partial charge in [0.25, 0.3) is 0 Å². The van der Waals surface area contributed by atoms with Gasteiger partial charge in [-0.3, -0.25) is 4.79 Å². The summed E-state index contributed by atoms with van der Waals surface area (Å²) in [6, 6.07) is 12.9. The Hall–Kier alpha value is -1.51. The van der Waals surface area contributed by atoms with Crippen LogP contribution >= 0.6 is 23.2 Å². The average Bonchev–Trinajstić information content (AvgIpc) is 2.45. The van der Waals surface area contributed by atoms with Crippen molar-refractivity contribution in [2.45, 2.75) is 26.7 Å². The molecular formula is C18H19Cl2NO. The number of hydrogen-bond donors (Lipinski definition) is 1. The predicted octanol–water partition coefficient (Wildman–Crippen LogP) is 5.68. The molecule has 0 fully saturated rings. The van der Waals surface area contributed by atoms with Crippen molar-refractivity contribution in [1.82, 2.24) is 0 Å². The topological polar surface area (TPSA) is 29.1 Å². The van der Waals surface area contributed by atoms with E-state index >= 15 is 0 Å². The van der Waals surface area contributed by atoms with Gasteiger partial charge in [0.2, 0.25) is 5.91 Å². The van der Waals surface area contributed by atoms with Crippen molar-refractivity contribution in [1.29, 1.82) is 0 Å². The quantitative estimate of drug-likeness (QED) is 0.764. The maximum Gasteiger partial charge on any atom is 0.232 e. The Morgan fingerprint density at radius 1 is 1.05 bits per heavy atom. The maximum absolute atomic E-state index is 12.6. The number of aryl methyl sites for hydroxylation is 1. The van der Waals surface area contributed by atoms with E-state index in [0.717, 1.165) is 11.1 Å². The van der Waals surface area contributed by atoms with Crippen LogP contribution in [0.15, 0.2) is 42.5 Å². The first kappa shape index (κ1) is 16.9. The van der Waals surface area contributed by atoms with E-state index in [-0.39, 0.29) is 17.7 Å². The fourth-order valence-electron chi connectivity index (χ4n) is 2.40. The lowest BCUT2D eigenvalue weighted by Crippen LogP contribution is -2.25. The van der Waals surface area contributed by atoms with Gasteiger partial charge in [-0.1, -0.05) is 55.2 Å². The number of hydrogen-bond acceptors (Lipinski definition) is 1. The van der Waals surface area contributed by atoms with E-state index in [0.29, 0.717) is 15.7 Å². The number of benzene rings is 2. The molecule has 0 aromatic heterocycles. The van der Waals surface area contributed by atoms with Crippen LogP contribution in [0.1, 0.15) is 30.9 Å². The maximum atomic E-state index is 12.6. The molecule has 1 N–H and O–H groups in total. The highest BCUT2D eigenvalue weighted by atomic mass is 35.5. The van der Waals surface area contributed by atoms with Crippen LogP contribution in [-0.2, 0) is 4.79 Å². The molecular weight excluding hydrogens is 317 g/mol. The highest BCUT2D eigenvalue weighted by molar-refractivity contribution is 6.31. The molecule has 1 atom stereocenters. The monoisotopic (exact) mass is 335 g/mol. The van der Waals surface area contributed by atoms with Crippen LogP contribution in [0, 0.1) is 12.8 Å². The molecule has 22 heavy (non-hydrogen) atoms. The molecule has 4 heteroatoms. The second-order valence-corrected chi connectivity index (χ2v) is 6.57. The molecule has 2 aromatic rings. The first-order valence-corrected chi connectivity index (χ1v) is 7.96. The van der Waals surface area contributed by atoms with E-state index in [1.807, 2.05) is 57.2 Å². The number of carbonyl (C=O) groups is 1. The second kappa shape index (κ2) is 7.17. The number of anilines is 1. The third kappa shape index (κ3) is 4.02. The van der Waals surface area contributed by atoms with Crippen LogP contribution in [-0.4, -0.2) is 5.91 Å². The number of carbonyl (C=O) groups excluding carboxylic acids is 1. The van der Waals surface area contributed by atoms with Gasteiger partial charge in [-0.05, 0) is 48.2 Å². The minimum absolute atomic E-state index is 0.0442. The van der Waals surface area contributed by atoms with Crippen LogP contribution in [0.5, 0.6) is 0 Å². The van der Waals surface area contributed by atoms with Gasteiger partial charge in [-0.15, -0.1) is 0 Å². The fraction of sp³-hybridized carbons (Fsp3) is 0.278. The molecule has 0 saturated heterocycles. The van der Waals surface area contributed by atoms with Gasteiger partial charge in [0.1, 0.15) is 0 Å². The third-order valence-corrected chi connectivity index (χ3v) is 4.28. The van der Waals surface area contributed by atoms with Crippen molar-refractivity contribution in [2.24, 2.45) is 5.92 Å². The highest BCUT2D eigenvalue weighted by Gasteiger charge is 2.24. The molecule has 0 unspecified atom stereocenters. The minimum atomic E-state index is -0.239. The van der Waals surface area contributed by atoms with Crippen molar-refractivity contribution in [3.8, 4) is 0 Å². The summed E-state index contributed by atoms with van der Waals surface area (Å²) in [5.74, 6) is -0.114. The summed E-state index contributed by atoms with van der Waals surface area (Å²) in [6.45, 7) is 5.99. The van der Waals surface area contributed by atoms with E-state index < -0.39 is 0 Å². The summed E-state index contributed by atoms with van der Waals surface area (Å²) in [5, 5.41) is 4.26. The zero-order chi connectivity index (χ0) is 16.3. The first-order valence-electron chi connectivity index (χ1n) is 7.21.